The summed E-state index contributed by atoms with van der Waals surface area (Å²) in [6, 6.07) is 0. The van der Waals surface area contributed by atoms with Gasteiger partial charge in [0.1, 0.15) is 12.4 Å². The van der Waals surface area contributed by atoms with Crippen LogP contribution in [0.2, 0.25) is 0 Å². The Hall–Kier alpha value is -1.43. The van der Waals surface area contributed by atoms with E-state index in [1.807, 2.05) is 0 Å². The van der Waals surface area contributed by atoms with E-state index in [9.17, 15) is 4.79 Å². The number of aromatic nitrogens is 2. The average molecular weight is 183 g/mol. The number of hydrogen-bond acceptors (Lipinski definition) is 4. The van der Waals surface area contributed by atoms with Crippen LogP contribution in [0.1, 0.15) is 5.56 Å². The molecule has 1 amide bonds. The maximum absolute atomic E-state index is 10.7. The number of carbonyl (C=O) groups excluding carboxylic acids is 1. The Labute approximate surface area is 72.8 Å². The van der Waals surface area contributed by atoms with Gasteiger partial charge in [0.25, 0.3) is 0 Å². The molecule has 0 bridgehead atoms. The lowest BCUT2D eigenvalue weighted by molar-refractivity contribution is 0.150. The second-order valence-corrected chi connectivity index (χ2v) is 2.68. The van der Waals surface area contributed by atoms with Crippen molar-refractivity contribution in [1.29, 1.82) is 0 Å². The molecule has 1 aromatic rings. The van der Waals surface area contributed by atoms with E-state index in [-0.39, 0.29) is 6.61 Å². The van der Waals surface area contributed by atoms with Crippen LogP contribution in [0.3, 0.4) is 0 Å². The van der Waals surface area contributed by atoms with Gasteiger partial charge >= 0.3 is 6.09 Å². The van der Waals surface area contributed by atoms with E-state index in [2.05, 4.69) is 15.3 Å². The highest BCUT2D eigenvalue weighted by Crippen LogP contribution is 2.16. The van der Waals surface area contributed by atoms with E-state index in [1.165, 1.54) is 0 Å². The van der Waals surface area contributed by atoms with E-state index >= 15 is 0 Å². The molecule has 0 spiro atoms. The molecule has 2 heterocycles. The van der Waals surface area contributed by atoms with Gasteiger partial charge in [0.05, 0.1) is 0 Å². The molecule has 0 radical (unpaired) electrons. The zero-order chi connectivity index (χ0) is 8.55. The van der Waals surface area contributed by atoms with E-state index in [4.69, 9.17) is 17.0 Å². The van der Waals surface area contributed by atoms with Crippen molar-refractivity contribution < 1.29 is 9.53 Å². The number of nitrogens with zero attached hydrogens (tertiary/aromatic N) is 1. The Morgan fingerprint density at radius 1 is 1.67 bits per heavy atom. The minimum Gasteiger partial charge on any atom is -0.444 e. The van der Waals surface area contributed by atoms with Crippen LogP contribution in [0.15, 0.2) is 6.20 Å². The number of rotatable bonds is 0. The van der Waals surface area contributed by atoms with Crippen molar-refractivity contribution in [3.8, 4) is 0 Å². The number of aromatic amines is 1. The van der Waals surface area contributed by atoms with Gasteiger partial charge < -0.3 is 9.72 Å². The minimum absolute atomic E-state index is 0.236. The molecule has 1 aliphatic heterocycles. The fourth-order valence-corrected chi connectivity index (χ4v) is 1.08. The zero-order valence-corrected chi connectivity index (χ0v) is 6.77. The highest BCUT2D eigenvalue weighted by atomic mass is 32.1. The summed E-state index contributed by atoms with van der Waals surface area (Å²) in [5, 5.41) is 2.48. The summed E-state index contributed by atoms with van der Waals surface area (Å²) >= 11 is 4.78. The third-order valence-corrected chi connectivity index (χ3v) is 1.68. The Bertz CT molecular complexity index is 387. The van der Waals surface area contributed by atoms with Crippen molar-refractivity contribution >= 4 is 24.1 Å². The Balaban J connectivity index is 2.50. The van der Waals surface area contributed by atoms with Crippen LogP contribution in [0.5, 0.6) is 0 Å². The summed E-state index contributed by atoms with van der Waals surface area (Å²) in [4.78, 5) is 17.3. The maximum atomic E-state index is 10.7. The standard InChI is InChI=1S/C6H5N3O2S/c10-6-9-4-3(2-11-6)1-7-5(12)8-4/h1H,2H2,(H2,7,8,9,10,12). The molecule has 0 saturated carbocycles. The summed E-state index contributed by atoms with van der Waals surface area (Å²) in [5.41, 5.74) is 0.795. The smallest absolute Gasteiger partial charge is 0.413 e. The Morgan fingerprint density at radius 2 is 2.50 bits per heavy atom. The molecule has 0 fully saturated rings. The van der Waals surface area contributed by atoms with Crippen molar-refractivity contribution in [2.45, 2.75) is 6.61 Å². The molecule has 12 heavy (non-hydrogen) atoms. The molecular formula is C6H5N3O2S. The van der Waals surface area contributed by atoms with Crippen molar-refractivity contribution in [3.63, 3.8) is 0 Å². The molecule has 6 heteroatoms. The van der Waals surface area contributed by atoms with Gasteiger partial charge in [0.15, 0.2) is 4.77 Å². The monoisotopic (exact) mass is 183 g/mol. The number of carbonyl (C=O) groups is 1. The highest BCUT2D eigenvalue weighted by molar-refractivity contribution is 7.71. The van der Waals surface area contributed by atoms with Crippen molar-refractivity contribution in [1.82, 2.24) is 9.97 Å². The molecule has 1 aromatic heterocycles. The first-order valence-corrected chi connectivity index (χ1v) is 3.68. The number of nitrogens with one attached hydrogen (secondary N) is 2. The largest absolute Gasteiger partial charge is 0.444 e. The minimum atomic E-state index is -0.473. The third-order valence-electron chi connectivity index (χ3n) is 1.48. The van der Waals surface area contributed by atoms with Crippen LogP contribution < -0.4 is 5.32 Å². The average Bonchev–Trinajstić information content (AvgIpc) is 2.03. The first-order chi connectivity index (χ1) is 5.75. The van der Waals surface area contributed by atoms with E-state index < -0.39 is 6.09 Å². The summed E-state index contributed by atoms with van der Waals surface area (Å²) in [6.45, 7) is 0.236. The predicted molar refractivity (Wildman–Crippen MR) is 43.2 cm³/mol. The van der Waals surface area contributed by atoms with Crippen LogP contribution in [-0.4, -0.2) is 16.1 Å². The fraction of sp³-hybridized carbons (Fsp3) is 0.167. The molecule has 0 aromatic carbocycles. The van der Waals surface area contributed by atoms with Gasteiger partial charge in [-0.3, -0.25) is 5.32 Å². The number of H-pyrrole nitrogens is 1. The summed E-state index contributed by atoms with van der Waals surface area (Å²) in [5.74, 6) is 0.575. The van der Waals surface area contributed by atoms with Gasteiger partial charge in [-0.05, 0) is 12.2 Å². The second-order valence-electron chi connectivity index (χ2n) is 2.29. The molecular weight excluding hydrogens is 178 g/mol. The molecule has 2 rings (SSSR count). The fourth-order valence-electron chi connectivity index (χ4n) is 0.923. The SMILES string of the molecule is O=C1Nc2[nH]c(=S)ncc2CO1. The molecule has 0 aliphatic carbocycles. The predicted octanol–water partition coefficient (Wildman–Crippen LogP) is 1.20. The van der Waals surface area contributed by atoms with Crippen LogP contribution in [0.4, 0.5) is 10.6 Å². The van der Waals surface area contributed by atoms with Crippen molar-refractivity contribution in [2.75, 3.05) is 5.32 Å². The number of ether oxygens (including phenoxy) is 1. The van der Waals surface area contributed by atoms with Crippen molar-refractivity contribution in [2.24, 2.45) is 0 Å². The number of amides is 1. The zero-order valence-electron chi connectivity index (χ0n) is 5.96. The van der Waals surface area contributed by atoms with Gasteiger partial charge in [-0.25, -0.2) is 9.78 Å². The topological polar surface area (TPSA) is 67.0 Å². The van der Waals surface area contributed by atoms with Crippen LogP contribution in [0, 0.1) is 4.77 Å². The third kappa shape index (κ3) is 1.16. The van der Waals surface area contributed by atoms with Gasteiger partial charge in [0.2, 0.25) is 0 Å². The summed E-state index contributed by atoms with van der Waals surface area (Å²) in [7, 11) is 0. The number of hydrogen-bond donors (Lipinski definition) is 2. The summed E-state index contributed by atoms with van der Waals surface area (Å²) < 4.78 is 5.04. The Kier molecular flexibility index (Phi) is 1.54. The summed E-state index contributed by atoms with van der Waals surface area (Å²) in [6.07, 6.45) is 1.10. The van der Waals surface area contributed by atoms with Gasteiger partial charge in [-0.15, -0.1) is 0 Å². The van der Waals surface area contributed by atoms with E-state index in [1.54, 1.807) is 6.20 Å². The first-order valence-electron chi connectivity index (χ1n) is 3.28. The van der Waals surface area contributed by atoms with Gasteiger partial charge in [0, 0.05) is 11.8 Å². The quantitative estimate of drug-likeness (QED) is 0.593. The molecule has 0 saturated heterocycles. The van der Waals surface area contributed by atoms with E-state index in [0.717, 1.165) is 5.56 Å². The Morgan fingerprint density at radius 3 is 3.33 bits per heavy atom. The number of fused-ring (bicyclic) bond motifs is 1. The molecule has 62 valence electrons. The van der Waals surface area contributed by atoms with Crippen molar-refractivity contribution in [3.05, 3.63) is 16.5 Å². The van der Waals surface area contributed by atoms with E-state index in [0.29, 0.717) is 10.6 Å². The molecule has 0 atom stereocenters. The van der Waals surface area contributed by atoms with Crippen LogP contribution in [-0.2, 0) is 11.3 Å². The molecule has 2 N–H and O–H groups in total. The van der Waals surface area contributed by atoms with Crippen LogP contribution in [0.25, 0.3) is 0 Å². The lowest BCUT2D eigenvalue weighted by atomic mass is 10.3. The second kappa shape index (κ2) is 2.56. The van der Waals surface area contributed by atoms with Gasteiger partial charge in [-0.1, -0.05) is 0 Å². The highest BCUT2D eigenvalue weighted by Gasteiger charge is 2.15. The maximum Gasteiger partial charge on any atom is 0.413 e. The lowest BCUT2D eigenvalue weighted by Gasteiger charge is -2.15. The normalized spacial score (nSPS) is 14.5. The molecule has 0 unspecified atom stereocenters. The number of cyclic esters (lactones) is 1. The van der Waals surface area contributed by atoms with Crippen LogP contribution >= 0.6 is 12.2 Å². The first kappa shape index (κ1) is 7.23. The van der Waals surface area contributed by atoms with Gasteiger partial charge in [-0.2, -0.15) is 0 Å². The lowest BCUT2D eigenvalue weighted by Crippen LogP contribution is -2.21. The molecule has 1 aliphatic rings. The number of anilines is 1. The molecule has 5 nitrogen and oxygen atoms in total.